The summed E-state index contributed by atoms with van der Waals surface area (Å²) in [5.41, 5.74) is 0.627. The van der Waals surface area contributed by atoms with Crippen LogP contribution in [0, 0.1) is 10.1 Å². The Balaban J connectivity index is 2.18. The predicted octanol–water partition coefficient (Wildman–Crippen LogP) is 3.68. The van der Waals surface area contributed by atoms with Crippen LogP contribution in [0.1, 0.15) is 27.6 Å². The monoisotopic (exact) mass is 348 g/mol. The summed E-state index contributed by atoms with van der Waals surface area (Å²) in [7, 11) is 0. The molecule has 0 aliphatic carbocycles. The number of esters is 1. The molecule has 2 aromatic carbocycles. The van der Waals surface area contributed by atoms with Gasteiger partial charge >= 0.3 is 5.97 Å². The third-order valence-corrected chi connectivity index (χ3v) is 3.39. The van der Waals surface area contributed by atoms with Crippen LogP contribution in [0.2, 0.25) is 5.02 Å². The summed E-state index contributed by atoms with van der Waals surface area (Å²) in [4.78, 5) is 34.0. The summed E-state index contributed by atoms with van der Waals surface area (Å²) in [6.07, 6.45) is 0. The molecule has 24 heavy (non-hydrogen) atoms. The van der Waals surface area contributed by atoms with Crippen LogP contribution in [-0.2, 0) is 4.74 Å². The van der Waals surface area contributed by atoms with Crippen molar-refractivity contribution in [3.63, 3.8) is 0 Å². The van der Waals surface area contributed by atoms with Crippen molar-refractivity contribution < 1.29 is 19.2 Å². The number of carbonyl (C=O) groups is 2. The second-order valence-electron chi connectivity index (χ2n) is 4.67. The van der Waals surface area contributed by atoms with E-state index in [4.69, 9.17) is 16.3 Å². The van der Waals surface area contributed by atoms with Crippen LogP contribution in [0.4, 0.5) is 11.4 Å². The average Bonchev–Trinajstić information content (AvgIpc) is 2.56. The summed E-state index contributed by atoms with van der Waals surface area (Å²) in [6, 6.07) is 9.57. The maximum absolute atomic E-state index is 12.2. The van der Waals surface area contributed by atoms with Gasteiger partial charge in [-0.2, -0.15) is 0 Å². The molecule has 0 unspecified atom stereocenters. The Kier molecular flexibility index (Phi) is 5.49. The highest BCUT2D eigenvalue weighted by Gasteiger charge is 2.14. The first kappa shape index (κ1) is 17.4. The van der Waals surface area contributed by atoms with Gasteiger partial charge in [0.15, 0.2) is 0 Å². The number of nitrogens with one attached hydrogen (secondary N) is 1. The van der Waals surface area contributed by atoms with Crippen LogP contribution in [0.25, 0.3) is 0 Å². The van der Waals surface area contributed by atoms with Crippen LogP contribution in [0.5, 0.6) is 0 Å². The van der Waals surface area contributed by atoms with Crippen molar-refractivity contribution in [2.75, 3.05) is 11.9 Å². The minimum Gasteiger partial charge on any atom is -0.462 e. The van der Waals surface area contributed by atoms with Crippen molar-refractivity contribution in [2.45, 2.75) is 6.92 Å². The molecular formula is C16H13ClN2O5. The predicted molar refractivity (Wildman–Crippen MR) is 88.5 cm³/mol. The summed E-state index contributed by atoms with van der Waals surface area (Å²) in [5.74, 6) is -1.06. The lowest BCUT2D eigenvalue weighted by Crippen LogP contribution is -2.13. The largest absolute Gasteiger partial charge is 0.462 e. The summed E-state index contributed by atoms with van der Waals surface area (Å²) in [6.45, 7) is 1.88. The van der Waals surface area contributed by atoms with Gasteiger partial charge in [0, 0.05) is 23.4 Å². The number of anilines is 1. The van der Waals surface area contributed by atoms with E-state index in [9.17, 15) is 19.7 Å². The lowest BCUT2D eigenvalue weighted by Gasteiger charge is -2.09. The molecule has 0 aliphatic rings. The van der Waals surface area contributed by atoms with Gasteiger partial charge in [0.2, 0.25) is 0 Å². The second-order valence-corrected chi connectivity index (χ2v) is 5.08. The quantitative estimate of drug-likeness (QED) is 0.505. The lowest BCUT2D eigenvalue weighted by molar-refractivity contribution is -0.384. The molecule has 0 atom stereocenters. The third-order valence-electron chi connectivity index (χ3n) is 3.06. The molecule has 0 aromatic heterocycles. The molecule has 1 N–H and O–H groups in total. The van der Waals surface area contributed by atoms with Gasteiger partial charge in [0.1, 0.15) is 0 Å². The minimum atomic E-state index is -0.589. The molecule has 0 aliphatic heterocycles. The van der Waals surface area contributed by atoms with Gasteiger partial charge in [0.25, 0.3) is 11.6 Å². The molecule has 2 aromatic rings. The van der Waals surface area contributed by atoms with E-state index in [0.717, 1.165) is 0 Å². The zero-order valence-corrected chi connectivity index (χ0v) is 13.4. The van der Waals surface area contributed by atoms with Gasteiger partial charge in [-0.25, -0.2) is 4.79 Å². The average molecular weight is 349 g/mol. The molecular weight excluding hydrogens is 336 g/mol. The minimum absolute atomic E-state index is 0.109. The first-order chi connectivity index (χ1) is 11.4. The smallest absolute Gasteiger partial charge is 0.339 e. The van der Waals surface area contributed by atoms with E-state index in [2.05, 4.69) is 5.32 Å². The highest BCUT2D eigenvalue weighted by molar-refractivity contribution is 6.33. The third kappa shape index (κ3) is 4.08. The fourth-order valence-electron chi connectivity index (χ4n) is 1.91. The molecule has 0 saturated heterocycles. The van der Waals surface area contributed by atoms with Gasteiger partial charge in [-0.3, -0.25) is 14.9 Å². The Morgan fingerprint density at radius 2 is 1.88 bits per heavy atom. The van der Waals surface area contributed by atoms with Gasteiger partial charge in [-0.05, 0) is 37.3 Å². The van der Waals surface area contributed by atoms with Gasteiger partial charge in [-0.15, -0.1) is 0 Å². The highest BCUT2D eigenvalue weighted by atomic mass is 35.5. The van der Waals surface area contributed by atoms with Crippen molar-refractivity contribution in [1.82, 2.24) is 0 Å². The zero-order chi connectivity index (χ0) is 17.7. The second kappa shape index (κ2) is 7.56. The van der Waals surface area contributed by atoms with Crippen molar-refractivity contribution in [3.8, 4) is 0 Å². The highest BCUT2D eigenvalue weighted by Crippen LogP contribution is 2.22. The Bertz CT molecular complexity index is 790. The molecule has 2 rings (SSSR count). The number of halogens is 1. The molecule has 0 fully saturated rings. The number of hydrogen-bond acceptors (Lipinski definition) is 5. The summed E-state index contributed by atoms with van der Waals surface area (Å²) in [5, 5.41) is 13.4. The van der Waals surface area contributed by atoms with E-state index in [0.29, 0.717) is 5.69 Å². The number of rotatable bonds is 5. The van der Waals surface area contributed by atoms with Crippen LogP contribution < -0.4 is 5.32 Å². The van der Waals surface area contributed by atoms with Gasteiger partial charge in [0.05, 0.1) is 22.1 Å². The Morgan fingerprint density at radius 1 is 1.21 bits per heavy atom. The standard InChI is InChI=1S/C16H13ClN2O5/c1-2-24-16(21)13-9-11(5-8-14(13)17)18-15(20)10-3-6-12(7-4-10)19(22)23/h3-9H,2H2,1H3,(H,18,20). The fraction of sp³-hybridized carbons (Fsp3) is 0.125. The van der Waals surface area contributed by atoms with Crippen LogP contribution in [0.15, 0.2) is 42.5 Å². The van der Waals surface area contributed by atoms with Crippen molar-refractivity contribution >= 4 is 34.9 Å². The van der Waals surface area contributed by atoms with Crippen LogP contribution >= 0.6 is 11.6 Å². The number of carbonyl (C=O) groups excluding carboxylic acids is 2. The number of amides is 1. The van der Waals surface area contributed by atoms with Crippen molar-refractivity contribution in [3.05, 3.63) is 68.7 Å². The molecule has 1 amide bonds. The first-order valence-electron chi connectivity index (χ1n) is 6.95. The molecule has 0 radical (unpaired) electrons. The van der Waals surface area contributed by atoms with Crippen molar-refractivity contribution in [2.24, 2.45) is 0 Å². The van der Waals surface area contributed by atoms with E-state index >= 15 is 0 Å². The molecule has 0 spiro atoms. The van der Waals surface area contributed by atoms with Gasteiger partial charge < -0.3 is 10.1 Å². The van der Waals surface area contributed by atoms with E-state index in [1.807, 2.05) is 0 Å². The SMILES string of the molecule is CCOC(=O)c1cc(NC(=O)c2ccc([N+](=O)[O-])cc2)ccc1Cl. The number of nitrogens with zero attached hydrogens (tertiary/aromatic N) is 1. The van der Waals surface area contributed by atoms with E-state index < -0.39 is 16.8 Å². The molecule has 0 heterocycles. The Hall–Kier alpha value is -2.93. The molecule has 8 heteroatoms. The van der Waals surface area contributed by atoms with Crippen molar-refractivity contribution in [1.29, 1.82) is 0 Å². The van der Waals surface area contributed by atoms with E-state index in [1.54, 1.807) is 6.92 Å². The Morgan fingerprint density at radius 3 is 2.46 bits per heavy atom. The molecule has 0 saturated carbocycles. The summed E-state index contributed by atoms with van der Waals surface area (Å²) >= 11 is 5.95. The molecule has 0 bridgehead atoms. The zero-order valence-electron chi connectivity index (χ0n) is 12.6. The van der Waals surface area contributed by atoms with E-state index in [-0.39, 0.29) is 28.4 Å². The normalized spacial score (nSPS) is 10.1. The number of hydrogen-bond donors (Lipinski definition) is 1. The number of benzene rings is 2. The number of ether oxygens (including phenoxy) is 1. The Labute approximate surface area is 142 Å². The molecule has 124 valence electrons. The fourth-order valence-corrected chi connectivity index (χ4v) is 2.10. The molecule has 7 nitrogen and oxygen atoms in total. The lowest BCUT2D eigenvalue weighted by atomic mass is 10.1. The van der Waals surface area contributed by atoms with E-state index in [1.165, 1.54) is 42.5 Å². The topological polar surface area (TPSA) is 98.5 Å². The maximum atomic E-state index is 12.2. The van der Waals surface area contributed by atoms with Crippen LogP contribution in [-0.4, -0.2) is 23.4 Å². The van der Waals surface area contributed by atoms with Gasteiger partial charge in [-0.1, -0.05) is 11.6 Å². The summed E-state index contributed by atoms with van der Waals surface area (Å²) < 4.78 is 4.89. The first-order valence-corrected chi connectivity index (χ1v) is 7.32. The van der Waals surface area contributed by atoms with Crippen LogP contribution in [0.3, 0.4) is 0 Å². The number of non-ortho nitro benzene ring substituents is 1. The maximum Gasteiger partial charge on any atom is 0.339 e. The number of nitro groups is 1. The number of nitro benzene ring substituents is 1.